The van der Waals surface area contributed by atoms with Crippen LogP contribution in [0.5, 0.6) is 0 Å². The van der Waals surface area contributed by atoms with E-state index in [9.17, 15) is 4.79 Å². The number of aromatic carboxylic acids is 1. The van der Waals surface area contributed by atoms with E-state index in [1.54, 1.807) is 29.5 Å². The summed E-state index contributed by atoms with van der Waals surface area (Å²) in [5, 5.41) is 16.9. The van der Waals surface area contributed by atoms with Crippen molar-refractivity contribution in [3.05, 3.63) is 52.5 Å². The van der Waals surface area contributed by atoms with Gasteiger partial charge in [-0.2, -0.15) is 16.3 Å². The number of aromatic nitrogens is 2. The molecule has 7 heteroatoms. The van der Waals surface area contributed by atoms with Gasteiger partial charge in [0.05, 0.1) is 16.9 Å². The molecular weight excluding hydrogens is 308 g/mol. The lowest BCUT2D eigenvalue weighted by atomic mass is 10.2. The Kier molecular flexibility index (Phi) is 4.03. The fourth-order valence-electron chi connectivity index (χ4n) is 1.73. The molecule has 3 rings (SSSR count). The molecule has 0 bridgehead atoms. The first kappa shape index (κ1) is 13.8. The van der Waals surface area contributed by atoms with Crippen LogP contribution in [-0.4, -0.2) is 21.2 Å². The molecule has 0 aliphatic heterocycles. The van der Waals surface area contributed by atoms with E-state index in [1.807, 2.05) is 22.9 Å². The molecule has 0 aliphatic carbocycles. The number of hydrogen-bond donors (Lipinski definition) is 1. The van der Waals surface area contributed by atoms with Crippen LogP contribution in [-0.2, 0) is 5.75 Å². The molecule has 0 aliphatic rings. The van der Waals surface area contributed by atoms with E-state index in [1.165, 1.54) is 11.8 Å². The minimum Gasteiger partial charge on any atom is -0.478 e. The van der Waals surface area contributed by atoms with Crippen LogP contribution in [0.25, 0.3) is 11.5 Å². The molecule has 0 unspecified atom stereocenters. The summed E-state index contributed by atoms with van der Waals surface area (Å²) in [5.74, 6) is 0.544. The third kappa shape index (κ3) is 3.14. The maximum Gasteiger partial charge on any atom is 0.336 e. The Morgan fingerprint density at radius 2 is 2.19 bits per heavy atom. The zero-order chi connectivity index (χ0) is 14.7. The van der Waals surface area contributed by atoms with Gasteiger partial charge in [-0.25, -0.2) is 4.79 Å². The van der Waals surface area contributed by atoms with Gasteiger partial charge in [0, 0.05) is 10.3 Å². The molecule has 0 fully saturated rings. The largest absolute Gasteiger partial charge is 0.478 e. The number of benzene rings is 1. The summed E-state index contributed by atoms with van der Waals surface area (Å²) in [6.45, 7) is 0. The molecular formula is C14H10N2O3S2. The highest BCUT2D eigenvalue weighted by Gasteiger charge is 2.12. The molecule has 1 N–H and O–H groups in total. The predicted octanol–water partition coefficient (Wildman–Crippen LogP) is 3.79. The highest BCUT2D eigenvalue weighted by molar-refractivity contribution is 7.98. The number of carbonyl (C=O) groups is 1. The molecule has 3 aromatic rings. The Balaban J connectivity index is 1.73. The molecule has 0 amide bonds. The molecule has 0 saturated carbocycles. The SMILES string of the molecule is O=C(O)c1ccccc1SCc1noc(-c2ccsc2)n1. The van der Waals surface area contributed by atoms with Gasteiger partial charge < -0.3 is 9.63 Å². The molecule has 0 spiro atoms. The Morgan fingerprint density at radius 3 is 2.95 bits per heavy atom. The summed E-state index contributed by atoms with van der Waals surface area (Å²) < 4.78 is 5.19. The maximum absolute atomic E-state index is 11.1. The van der Waals surface area contributed by atoms with Crippen LogP contribution < -0.4 is 0 Å². The molecule has 0 atom stereocenters. The summed E-state index contributed by atoms with van der Waals surface area (Å²) in [6, 6.07) is 8.78. The highest BCUT2D eigenvalue weighted by atomic mass is 32.2. The fourth-order valence-corrected chi connectivity index (χ4v) is 3.24. The molecule has 2 aromatic heterocycles. The summed E-state index contributed by atoms with van der Waals surface area (Å²) in [5.41, 5.74) is 1.18. The van der Waals surface area contributed by atoms with E-state index in [-0.39, 0.29) is 5.56 Å². The van der Waals surface area contributed by atoms with E-state index < -0.39 is 5.97 Å². The van der Waals surface area contributed by atoms with Gasteiger partial charge in [0.1, 0.15) is 0 Å². The molecule has 5 nitrogen and oxygen atoms in total. The lowest BCUT2D eigenvalue weighted by molar-refractivity contribution is 0.0693. The van der Waals surface area contributed by atoms with Crippen molar-refractivity contribution in [2.24, 2.45) is 0 Å². The van der Waals surface area contributed by atoms with Gasteiger partial charge in [-0.3, -0.25) is 0 Å². The number of thiophene rings is 1. The zero-order valence-corrected chi connectivity index (χ0v) is 12.4. The molecule has 106 valence electrons. The third-order valence-corrected chi connectivity index (χ3v) is 4.46. The van der Waals surface area contributed by atoms with E-state index in [4.69, 9.17) is 9.63 Å². The van der Waals surface area contributed by atoms with Crippen molar-refractivity contribution in [2.45, 2.75) is 10.6 Å². The summed E-state index contributed by atoms with van der Waals surface area (Å²) in [6.07, 6.45) is 0. The van der Waals surface area contributed by atoms with E-state index in [0.29, 0.717) is 22.4 Å². The first-order chi connectivity index (χ1) is 10.2. The topological polar surface area (TPSA) is 76.2 Å². The Bertz CT molecular complexity index is 753. The van der Waals surface area contributed by atoms with E-state index in [2.05, 4.69) is 10.1 Å². The molecule has 0 saturated heterocycles. The second-order valence-corrected chi connectivity index (χ2v) is 5.91. The zero-order valence-electron chi connectivity index (χ0n) is 10.7. The number of hydrogen-bond acceptors (Lipinski definition) is 6. The lowest BCUT2D eigenvalue weighted by Crippen LogP contribution is -1.98. The van der Waals surface area contributed by atoms with Crippen LogP contribution in [0.1, 0.15) is 16.2 Å². The first-order valence-corrected chi connectivity index (χ1v) is 7.97. The van der Waals surface area contributed by atoms with Crippen LogP contribution in [0.3, 0.4) is 0 Å². The molecule has 0 radical (unpaired) electrons. The van der Waals surface area contributed by atoms with E-state index >= 15 is 0 Å². The van der Waals surface area contributed by atoms with Crippen molar-refractivity contribution in [1.82, 2.24) is 10.1 Å². The molecule has 21 heavy (non-hydrogen) atoms. The van der Waals surface area contributed by atoms with Gasteiger partial charge in [-0.15, -0.1) is 11.8 Å². The van der Waals surface area contributed by atoms with Crippen molar-refractivity contribution in [1.29, 1.82) is 0 Å². The molecule has 2 heterocycles. The standard InChI is InChI=1S/C14H10N2O3S2/c17-14(18)10-3-1-2-4-11(10)21-8-12-15-13(19-16-12)9-5-6-20-7-9/h1-7H,8H2,(H,17,18). The smallest absolute Gasteiger partial charge is 0.336 e. The van der Waals surface area contributed by atoms with Crippen LogP contribution in [0.2, 0.25) is 0 Å². The fraction of sp³-hybridized carbons (Fsp3) is 0.0714. The quantitative estimate of drug-likeness (QED) is 0.721. The van der Waals surface area contributed by atoms with Crippen molar-refractivity contribution >= 4 is 29.1 Å². The summed E-state index contributed by atoms with van der Waals surface area (Å²) >= 11 is 2.94. The average Bonchev–Trinajstić information content (AvgIpc) is 3.16. The first-order valence-electron chi connectivity index (χ1n) is 6.04. The predicted molar refractivity (Wildman–Crippen MR) is 80.6 cm³/mol. The average molecular weight is 318 g/mol. The molecule has 1 aromatic carbocycles. The number of rotatable bonds is 5. The van der Waals surface area contributed by atoms with Gasteiger partial charge in [-0.05, 0) is 23.6 Å². The second kappa shape index (κ2) is 6.11. The van der Waals surface area contributed by atoms with E-state index in [0.717, 1.165) is 5.56 Å². The minimum atomic E-state index is -0.940. The summed E-state index contributed by atoms with van der Waals surface area (Å²) in [4.78, 5) is 16.1. The van der Waals surface area contributed by atoms with Crippen LogP contribution in [0.15, 0.2) is 50.5 Å². The van der Waals surface area contributed by atoms with Crippen molar-refractivity contribution < 1.29 is 14.4 Å². The van der Waals surface area contributed by atoms with Gasteiger partial charge in [-0.1, -0.05) is 17.3 Å². The maximum atomic E-state index is 11.1. The van der Waals surface area contributed by atoms with Gasteiger partial charge >= 0.3 is 5.97 Å². The second-order valence-electron chi connectivity index (χ2n) is 4.12. The Hall–Kier alpha value is -2.12. The summed E-state index contributed by atoms with van der Waals surface area (Å²) in [7, 11) is 0. The van der Waals surface area contributed by atoms with Crippen molar-refractivity contribution in [2.75, 3.05) is 0 Å². The van der Waals surface area contributed by atoms with Gasteiger partial charge in [0.25, 0.3) is 5.89 Å². The lowest BCUT2D eigenvalue weighted by Gasteiger charge is -2.02. The highest BCUT2D eigenvalue weighted by Crippen LogP contribution is 2.27. The van der Waals surface area contributed by atoms with Crippen molar-refractivity contribution in [3.8, 4) is 11.5 Å². The van der Waals surface area contributed by atoms with Gasteiger partial charge in [0.2, 0.25) is 0 Å². The Morgan fingerprint density at radius 1 is 1.33 bits per heavy atom. The Labute approximate surface area is 128 Å². The minimum absolute atomic E-state index is 0.282. The normalized spacial score (nSPS) is 10.7. The number of carboxylic acids is 1. The monoisotopic (exact) mass is 318 g/mol. The van der Waals surface area contributed by atoms with Crippen molar-refractivity contribution in [3.63, 3.8) is 0 Å². The van der Waals surface area contributed by atoms with Crippen LogP contribution in [0, 0.1) is 0 Å². The van der Waals surface area contributed by atoms with Gasteiger partial charge in [0.15, 0.2) is 5.82 Å². The van der Waals surface area contributed by atoms with Crippen LogP contribution in [0.4, 0.5) is 0 Å². The van der Waals surface area contributed by atoms with Crippen LogP contribution >= 0.6 is 23.1 Å². The number of nitrogens with zero attached hydrogens (tertiary/aromatic N) is 2. The number of thioether (sulfide) groups is 1. The number of carboxylic acid groups (broad SMARTS) is 1. The third-order valence-electron chi connectivity index (χ3n) is 2.71.